The molecule has 0 saturated heterocycles. The van der Waals surface area contributed by atoms with Crippen LogP contribution in [0.5, 0.6) is 0 Å². The van der Waals surface area contributed by atoms with Gasteiger partial charge in [-0.2, -0.15) is 5.10 Å². The number of nitrogens with one attached hydrogen (secondary N) is 1. The molecule has 0 spiro atoms. The third kappa shape index (κ3) is 3.66. The standard InChI is InChI=1S/C15H21N3O/c1-12(2)19-11-15(16-3)13-9-17-18(10-13)14-7-5-4-6-8-14/h4-10,12,15-16H,11H2,1-3H3. The molecule has 2 rings (SSSR count). The molecular weight excluding hydrogens is 238 g/mol. The summed E-state index contributed by atoms with van der Waals surface area (Å²) in [5.74, 6) is 0. The van der Waals surface area contributed by atoms with Gasteiger partial charge >= 0.3 is 0 Å². The second-order valence-corrected chi connectivity index (χ2v) is 4.78. The van der Waals surface area contributed by atoms with Crippen LogP contribution in [0.4, 0.5) is 0 Å². The summed E-state index contributed by atoms with van der Waals surface area (Å²) in [4.78, 5) is 0. The SMILES string of the molecule is CNC(COC(C)C)c1cnn(-c2ccccc2)c1. The Balaban J connectivity index is 2.11. The highest BCUT2D eigenvalue weighted by Gasteiger charge is 2.13. The summed E-state index contributed by atoms with van der Waals surface area (Å²) in [6.45, 7) is 4.73. The number of benzene rings is 1. The van der Waals surface area contributed by atoms with Gasteiger partial charge in [0, 0.05) is 11.8 Å². The molecule has 0 aliphatic carbocycles. The molecular formula is C15H21N3O. The molecule has 0 amide bonds. The lowest BCUT2D eigenvalue weighted by Crippen LogP contribution is -2.23. The summed E-state index contributed by atoms with van der Waals surface area (Å²) in [6, 6.07) is 10.3. The number of nitrogens with zero attached hydrogens (tertiary/aromatic N) is 2. The van der Waals surface area contributed by atoms with Crippen molar-refractivity contribution < 1.29 is 4.74 Å². The number of aromatic nitrogens is 2. The number of para-hydroxylation sites is 1. The smallest absolute Gasteiger partial charge is 0.0666 e. The molecule has 1 heterocycles. The quantitative estimate of drug-likeness (QED) is 0.866. The van der Waals surface area contributed by atoms with Gasteiger partial charge in [0.25, 0.3) is 0 Å². The van der Waals surface area contributed by atoms with Crippen LogP contribution >= 0.6 is 0 Å². The molecule has 2 aromatic rings. The van der Waals surface area contributed by atoms with Gasteiger partial charge in [0.05, 0.1) is 30.6 Å². The van der Waals surface area contributed by atoms with E-state index < -0.39 is 0 Å². The number of likely N-dealkylation sites (N-methyl/N-ethyl adjacent to an activating group) is 1. The molecule has 102 valence electrons. The van der Waals surface area contributed by atoms with Gasteiger partial charge in [0.15, 0.2) is 0 Å². The van der Waals surface area contributed by atoms with Crippen LogP contribution in [-0.4, -0.2) is 29.5 Å². The van der Waals surface area contributed by atoms with Crippen molar-refractivity contribution in [3.05, 3.63) is 48.3 Å². The van der Waals surface area contributed by atoms with Gasteiger partial charge in [-0.05, 0) is 33.0 Å². The summed E-state index contributed by atoms with van der Waals surface area (Å²) < 4.78 is 7.55. The lowest BCUT2D eigenvalue weighted by atomic mass is 10.2. The third-order valence-corrected chi connectivity index (χ3v) is 2.97. The first-order chi connectivity index (χ1) is 9.20. The maximum atomic E-state index is 5.66. The summed E-state index contributed by atoms with van der Waals surface area (Å²) in [5, 5.41) is 7.66. The van der Waals surface area contributed by atoms with Gasteiger partial charge in [-0.1, -0.05) is 18.2 Å². The van der Waals surface area contributed by atoms with Crippen molar-refractivity contribution in [1.82, 2.24) is 15.1 Å². The average molecular weight is 259 g/mol. The van der Waals surface area contributed by atoms with Gasteiger partial charge in [-0.25, -0.2) is 4.68 Å². The fourth-order valence-corrected chi connectivity index (χ4v) is 1.87. The van der Waals surface area contributed by atoms with E-state index in [1.165, 1.54) is 0 Å². The highest BCUT2D eigenvalue weighted by Crippen LogP contribution is 2.15. The Kier molecular flexibility index (Phi) is 4.71. The molecule has 0 aliphatic rings. The zero-order chi connectivity index (χ0) is 13.7. The van der Waals surface area contributed by atoms with Crippen LogP contribution in [0.15, 0.2) is 42.7 Å². The Morgan fingerprint density at radius 3 is 2.63 bits per heavy atom. The normalized spacial score (nSPS) is 12.8. The van der Waals surface area contributed by atoms with E-state index in [-0.39, 0.29) is 12.1 Å². The molecule has 0 fully saturated rings. The first-order valence-electron chi connectivity index (χ1n) is 6.59. The Morgan fingerprint density at radius 1 is 1.26 bits per heavy atom. The van der Waals surface area contributed by atoms with Crippen LogP contribution in [-0.2, 0) is 4.74 Å². The number of hydrogen-bond donors (Lipinski definition) is 1. The summed E-state index contributed by atoms with van der Waals surface area (Å²) in [6.07, 6.45) is 4.16. The van der Waals surface area contributed by atoms with Crippen LogP contribution in [0.1, 0.15) is 25.5 Å². The predicted molar refractivity (Wildman–Crippen MR) is 76.5 cm³/mol. The molecule has 1 unspecified atom stereocenters. The number of ether oxygens (including phenoxy) is 1. The number of rotatable bonds is 6. The second kappa shape index (κ2) is 6.50. The van der Waals surface area contributed by atoms with Crippen LogP contribution in [0.2, 0.25) is 0 Å². The fraction of sp³-hybridized carbons (Fsp3) is 0.400. The van der Waals surface area contributed by atoms with Crippen LogP contribution in [0.25, 0.3) is 5.69 Å². The predicted octanol–water partition coefficient (Wildman–Crippen LogP) is 2.56. The molecule has 4 nitrogen and oxygen atoms in total. The van der Waals surface area contributed by atoms with Gasteiger partial charge in [-0.15, -0.1) is 0 Å². The summed E-state index contributed by atoms with van der Waals surface area (Å²) in [7, 11) is 1.94. The maximum absolute atomic E-state index is 5.66. The van der Waals surface area contributed by atoms with Crippen molar-refractivity contribution >= 4 is 0 Å². The van der Waals surface area contributed by atoms with E-state index in [4.69, 9.17) is 4.74 Å². The molecule has 0 radical (unpaired) electrons. The summed E-state index contributed by atoms with van der Waals surface area (Å²) in [5.41, 5.74) is 2.19. The minimum Gasteiger partial charge on any atom is -0.377 e. The van der Waals surface area contributed by atoms with E-state index >= 15 is 0 Å². The zero-order valence-corrected chi connectivity index (χ0v) is 11.7. The first-order valence-corrected chi connectivity index (χ1v) is 6.59. The Labute approximate surface area is 114 Å². The minimum absolute atomic E-state index is 0.167. The maximum Gasteiger partial charge on any atom is 0.0666 e. The van der Waals surface area contributed by atoms with Crippen molar-refractivity contribution in [2.75, 3.05) is 13.7 Å². The van der Waals surface area contributed by atoms with Crippen molar-refractivity contribution in [1.29, 1.82) is 0 Å². The largest absolute Gasteiger partial charge is 0.377 e. The van der Waals surface area contributed by atoms with Crippen molar-refractivity contribution in [2.24, 2.45) is 0 Å². The lowest BCUT2D eigenvalue weighted by Gasteiger charge is -2.16. The van der Waals surface area contributed by atoms with Gasteiger partial charge in [0.2, 0.25) is 0 Å². The van der Waals surface area contributed by atoms with Gasteiger partial charge in [0.1, 0.15) is 0 Å². The average Bonchev–Trinajstić information content (AvgIpc) is 2.90. The van der Waals surface area contributed by atoms with Crippen LogP contribution < -0.4 is 5.32 Å². The molecule has 1 atom stereocenters. The Hall–Kier alpha value is -1.65. The topological polar surface area (TPSA) is 39.1 Å². The molecule has 0 aliphatic heterocycles. The summed E-state index contributed by atoms with van der Waals surface area (Å²) >= 11 is 0. The molecule has 19 heavy (non-hydrogen) atoms. The molecule has 0 bridgehead atoms. The second-order valence-electron chi connectivity index (χ2n) is 4.78. The van der Waals surface area contributed by atoms with E-state index in [1.807, 2.05) is 68.3 Å². The van der Waals surface area contributed by atoms with E-state index in [0.29, 0.717) is 6.61 Å². The monoisotopic (exact) mass is 259 g/mol. The van der Waals surface area contributed by atoms with Crippen LogP contribution in [0.3, 0.4) is 0 Å². The Bertz CT molecular complexity index is 493. The van der Waals surface area contributed by atoms with Gasteiger partial charge < -0.3 is 10.1 Å². The molecule has 1 aromatic carbocycles. The number of hydrogen-bond acceptors (Lipinski definition) is 3. The minimum atomic E-state index is 0.167. The highest BCUT2D eigenvalue weighted by molar-refractivity contribution is 5.31. The Morgan fingerprint density at radius 2 is 2.00 bits per heavy atom. The van der Waals surface area contributed by atoms with Gasteiger partial charge in [-0.3, -0.25) is 0 Å². The lowest BCUT2D eigenvalue weighted by molar-refractivity contribution is 0.0626. The molecule has 1 aromatic heterocycles. The van der Waals surface area contributed by atoms with E-state index in [2.05, 4.69) is 10.4 Å². The molecule has 4 heteroatoms. The molecule has 0 saturated carbocycles. The van der Waals surface area contributed by atoms with Crippen molar-refractivity contribution in [2.45, 2.75) is 26.0 Å². The van der Waals surface area contributed by atoms with E-state index in [9.17, 15) is 0 Å². The van der Waals surface area contributed by atoms with E-state index in [1.54, 1.807) is 0 Å². The highest BCUT2D eigenvalue weighted by atomic mass is 16.5. The fourth-order valence-electron chi connectivity index (χ4n) is 1.87. The van der Waals surface area contributed by atoms with Crippen molar-refractivity contribution in [3.8, 4) is 5.69 Å². The van der Waals surface area contributed by atoms with E-state index in [0.717, 1.165) is 11.3 Å². The van der Waals surface area contributed by atoms with Crippen molar-refractivity contribution in [3.63, 3.8) is 0 Å². The first kappa shape index (κ1) is 13.8. The third-order valence-electron chi connectivity index (χ3n) is 2.97. The zero-order valence-electron chi connectivity index (χ0n) is 11.7. The van der Waals surface area contributed by atoms with Crippen LogP contribution in [0, 0.1) is 0 Å². The molecule has 1 N–H and O–H groups in total.